The lowest BCUT2D eigenvalue weighted by molar-refractivity contribution is 0.730. The van der Waals surface area contributed by atoms with E-state index in [1.165, 1.54) is 17.6 Å². The van der Waals surface area contributed by atoms with E-state index in [0.29, 0.717) is 5.92 Å². The molecule has 0 heterocycles. The Balaban J connectivity index is 2.76. The van der Waals surface area contributed by atoms with Crippen molar-refractivity contribution in [3.05, 3.63) is 36.0 Å². The van der Waals surface area contributed by atoms with Crippen LogP contribution in [-0.2, 0) is 0 Å². The molecule has 0 saturated heterocycles. The Morgan fingerprint density at radius 2 is 2.40 bits per heavy atom. The highest BCUT2D eigenvalue weighted by Gasteiger charge is 2.02. The van der Waals surface area contributed by atoms with Crippen LogP contribution in [0.15, 0.2) is 36.0 Å². The summed E-state index contributed by atoms with van der Waals surface area (Å²) in [5.74, 6) is 0.691. The standard InChI is InChI=1S/C10H14/c1-8(2)10-6-4-5-9(3)7-10/h4,6-7,9H,1,5H2,2-3H3. The molecule has 0 saturated carbocycles. The first-order valence-electron chi connectivity index (χ1n) is 3.74. The van der Waals surface area contributed by atoms with Gasteiger partial charge in [-0.3, -0.25) is 0 Å². The molecule has 0 heteroatoms. The second kappa shape index (κ2) is 2.87. The van der Waals surface area contributed by atoms with Crippen LogP contribution in [0.1, 0.15) is 20.3 Å². The van der Waals surface area contributed by atoms with E-state index in [2.05, 4.69) is 31.7 Å². The van der Waals surface area contributed by atoms with Gasteiger partial charge < -0.3 is 0 Å². The minimum absolute atomic E-state index is 0.691. The van der Waals surface area contributed by atoms with Crippen molar-refractivity contribution >= 4 is 0 Å². The Labute approximate surface area is 62.9 Å². The first kappa shape index (κ1) is 7.33. The highest BCUT2D eigenvalue weighted by molar-refractivity contribution is 5.38. The summed E-state index contributed by atoms with van der Waals surface area (Å²) in [6, 6.07) is 0. The van der Waals surface area contributed by atoms with Gasteiger partial charge in [-0.15, -0.1) is 0 Å². The molecule has 1 rings (SSSR count). The molecule has 0 nitrogen and oxygen atoms in total. The quantitative estimate of drug-likeness (QED) is 0.517. The van der Waals surface area contributed by atoms with Gasteiger partial charge >= 0.3 is 0 Å². The molecule has 0 aliphatic heterocycles. The van der Waals surface area contributed by atoms with Crippen LogP contribution in [-0.4, -0.2) is 0 Å². The third-order valence-corrected chi connectivity index (χ3v) is 1.76. The predicted molar refractivity (Wildman–Crippen MR) is 45.8 cm³/mol. The molecule has 0 fully saturated rings. The second-order valence-electron chi connectivity index (χ2n) is 3.02. The van der Waals surface area contributed by atoms with Crippen LogP contribution in [0.25, 0.3) is 0 Å². The lowest BCUT2D eigenvalue weighted by Gasteiger charge is -2.11. The Morgan fingerprint density at radius 3 is 2.80 bits per heavy atom. The van der Waals surface area contributed by atoms with Gasteiger partial charge in [0.25, 0.3) is 0 Å². The molecule has 0 aromatic carbocycles. The fourth-order valence-electron chi connectivity index (χ4n) is 1.12. The smallest absolute Gasteiger partial charge is 0.0218 e. The molecular weight excluding hydrogens is 120 g/mol. The van der Waals surface area contributed by atoms with Gasteiger partial charge in [-0.1, -0.05) is 37.3 Å². The van der Waals surface area contributed by atoms with Crippen molar-refractivity contribution < 1.29 is 0 Å². The van der Waals surface area contributed by atoms with E-state index >= 15 is 0 Å². The Hall–Kier alpha value is -0.780. The van der Waals surface area contributed by atoms with Crippen molar-refractivity contribution in [3.8, 4) is 0 Å². The van der Waals surface area contributed by atoms with Crippen LogP contribution in [0.5, 0.6) is 0 Å². The van der Waals surface area contributed by atoms with E-state index in [1.54, 1.807) is 0 Å². The SMILES string of the molecule is C=C(C)C1=CC(C)CC=C1. The number of hydrogen-bond donors (Lipinski definition) is 0. The molecule has 0 spiro atoms. The normalized spacial score (nSPS) is 24.2. The summed E-state index contributed by atoms with van der Waals surface area (Å²) in [6.45, 7) is 8.17. The minimum atomic E-state index is 0.691. The molecule has 1 aliphatic carbocycles. The van der Waals surface area contributed by atoms with Crippen LogP contribution in [0.2, 0.25) is 0 Å². The van der Waals surface area contributed by atoms with E-state index in [1.807, 2.05) is 6.92 Å². The number of rotatable bonds is 1. The van der Waals surface area contributed by atoms with Crippen LogP contribution in [0.3, 0.4) is 0 Å². The zero-order valence-electron chi connectivity index (χ0n) is 6.72. The number of allylic oxidation sites excluding steroid dienone is 5. The summed E-state index contributed by atoms with van der Waals surface area (Å²) in [7, 11) is 0. The average Bonchev–Trinajstić information content (AvgIpc) is 1.88. The monoisotopic (exact) mass is 134 g/mol. The molecule has 0 amide bonds. The molecule has 0 N–H and O–H groups in total. The van der Waals surface area contributed by atoms with Gasteiger partial charge in [0.2, 0.25) is 0 Å². The van der Waals surface area contributed by atoms with Crippen LogP contribution in [0.4, 0.5) is 0 Å². The molecule has 10 heavy (non-hydrogen) atoms. The van der Waals surface area contributed by atoms with Crippen LogP contribution >= 0.6 is 0 Å². The maximum Gasteiger partial charge on any atom is -0.0218 e. The lowest BCUT2D eigenvalue weighted by Crippen LogP contribution is -1.95. The van der Waals surface area contributed by atoms with Crippen molar-refractivity contribution in [2.75, 3.05) is 0 Å². The summed E-state index contributed by atoms with van der Waals surface area (Å²) in [5.41, 5.74) is 2.47. The van der Waals surface area contributed by atoms with Gasteiger partial charge in [-0.25, -0.2) is 0 Å². The third kappa shape index (κ3) is 1.60. The maximum atomic E-state index is 3.89. The second-order valence-corrected chi connectivity index (χ2v) is 3.02. The topological polar surface area (TPSA) is 0 Å². The predicted octanol–water partition coefficient (Wildman–Crippen LogP) is 3.08. The summed E-state index contributed by atoms with van der Waals surface area (Å²) >= 11 is 0. The van der Waals surface area contributed by atoms with Crippen LogP contribution < -0.4 is 0 Å². The van der Waals surface area contributed by atoms with Crippen molar-refractivity contribution in [1.82, 2.24) is 0 Å². The van der Waals surface area contributed by atoms with E-state index in [9.17, 15) is 0 Å². The Kier molecular flexibility index (Phi) is 2.10. The van der Waals surface area contributed by atoms with E-state index in [-0.39, 0.29) is 0 Å². The maximum absolute atomic E-state index is 3.89. The molecule has 54 valence electrons. The summed E-state index contributed by atoms with van der Waals surface area (Å²) in [5, 5.41) is 0. The van der Waals surface area contributed by atoms with Gasteiger partial charge in [0.05, 0.1) is 0 Å². The zero-order chi connectivity index (χ0) is 7.56. The van der Waals surface area contributed by atoms with E-state index < -0.39 is 0 Å². The Morgan fingerprint density at radius 1 is 1.70 bits per heavy atom. The number of hydrogen-bond acceptors (Lipinski definition) is 0. The van der Waals surface area contributed by atoms with Gasteiger partial charge in [-0.2, -0.15) is 0 Å². The van der Waals surface area contributed by atoms with Crippen molar-refractivity contribution in [2.24, 2.45) is 5.92 Å². The molecule has 1 atom stereocenters. The highest BCUT2D eigenvalue weighted by atomic mass is 14.1. The molecule has 0 aromatic heterocycles. The average molecular weight is 134 g/mol. The van der Waals surface area contributed by atoms with Gasteiger partial charge in [0.15, 0.2) is 0 Å². The molecule has 0 radical (unpaired) electrons. The summed E-state index contributed by atoms with van der Waals surface area (Å²) in [6.07, 6.45) is 7.83. The van der Waals surface area contributed by atoms with Crippen molar-refractivity contribution in [2.45, 2.75) is 20.3 Å². The van der Waals surface area contributed by atoms with E-state index in [4.69, 9.17) is 0 Å². The van der Waals surface area contributed by atoms with Crippen molar-refractivity contribution in [3.63, 3.8) is 0 Å². The summed E-state index contributed by atoms with van der Waals surface area (Å²) < 4.78 is 0. The molecule has 1 aliphatic rings. The molecular formula is C10H14. The largest absolute Gasteiger partial charge is 0.0955 e. The fraction of sp³-hybridized carbons (Fsp3) is 0.400. The van der Waals surface area contributed by atoms with E-state index in [0.717, 1.165) is 0 Å². The van der Waals surface area contributed by atoms with Crippen LogP contribution in [0, 0.1) is 5.92 Å². The summed E-state index contributed by atoms with van der Waals surface area (Å²) in [4.78, 5) is 0. The fourth-order valence-corrected chi connectivity index (χ4v) is 1.12. The van der Waals surface area contributed by atoms with Gasteiger partial charge in [0.1, 0.15) is 0 Å². The lowest BCUT2D eigenvalue weighted by atomic mass is 9.95. The molecule has 0 aromatic rings. The highest BCUT2D eigenvalue weighted by Crippen LogP contribution is 2.19. The van der Waals surface area contributed by atoms with Crippen molar-refractivity contribution in [1.29, 1.82) is 0 Å². The first-order valence-corrected chi connectivity index (χ1v) is 3.74. The minimum Gasteiger partial charge on any atom is -0.0955 e. The molecule has 0 bridgehead atoms. The Bertz CT molecular complexity index is 194. The third-order valence-electron chi connectivity index (χ3n) is 1.76. The molecule has 1 unspecified atom stereocenters. The van der Waals surface area contributed by atoms with Gasteiger partial charge in [-0.05, 0) is 24.8 Å². The first-order chi connectivity index (χ1) is 4.70. The zero-order valence-corrected chi connectivity index (χ0v) is 6.72. The van der Waals surface area contributed by atoms with Gasteiger partial charge in [0, 0.05) is 0 Å².